The molecule has 0 bridgehead atoms. The largest absolute Gasteiger partial charge is 0.444 e. The maximum atomic E-state index is 12.0. The van der Waals surface area contributed by atoms with Crippen molar-refractivity contribution in [2.75, 3.05) is 37.6 Å². The lowest BCUT2D eigenvalue weighted by atomic mass is 10.1. The average Bonchev–Trinajstić information content (AvgIpc) is 3.29. The highest BCUT2D eigenvalue weighted by Crippen LogP contribution is 2.24. The summed E-state index contributed by atoms with van der Waals surface area (Å²) in [5.74, 6) is 0.728. The van der Waals surface area contributed by atoms with Crippen LogP contribution in [0.3, 0.4) is 0 Å². The Balaban J connectivity index is 1.82. The normalized spacial score (nSPS) is 15.3. The zero-order chi connectivity index (χ0) is 22.2. The summed E-state index contributed by atoms with van der Waals surface area (Å²) < 4.78 is 5.34. The van der Waals surface area contributed by atoms with E-state index in [4.69, 9.17) is 9.72 Å². The van der Waals surface area contributed by atoms with Crippen LogP contribution in [0.5, 0.6) is 0 Å². The van der Waals surface area contributed by atoms with Gasteiger partial charge in [0.1, 0.15) is 5.60 Å². The topological polar surface area (TPSA) is 90.9 Å². The highest BCUT2D eigenvalue weighted by Gasteiger charge is 2.24. The lowest BCUT2D eigenvalue weighted by Crippen LogP contribution is -2.49. The summed E-state index contributed by atoms with van der Waals surface area (Å²) in [7, 11) is 0. The number of ether oxygens (including phenoxy) is 1. The number of aliphatic imine (C=N–C) groups is 1. The molecule has 1 fully saturated rings. The Labute approximate surface area is 184 Å². The molecule has 8 nitrogen and oxygen atoms in total. The molecule has 9 heteroatoms. The van der Waals surface area contributed by atoms with Crippen LogP contribution in [0.4, 0.5) is 9.93 Å². The fraction of sp³-hybridized carbons (Fsp3) is 0.762. The first-order valence-corrected chi connectivity index (χ1v) is 11.7. The van der Waals surface area contributed by atoms with Gasteiger partial charge in [0.05, 0.1) is 17.8 Å². The van der Waals surface area contributed by atoms with E-state index in [9.17, 15) is 4.79 Å². The first kappa shape index (κ1) is 24.2. The smallest absolute Gasteiger partial charge is 0.408 e. The van der Waals surface area contributed by atoms with E-state index in [1.165, 1.54) is 12.8 Å². The second-order valence-electron chi connectivity index (χ2n) is 9.20. The van der Waals surface area contributed by atoms with Crippen molar-refractivity contribution < 1.29 is 9.53 Å². The van der Waals surface area contributed by atoms with Crippen molar-refractivity contribution in [3.8, 4) is 0 Å². The fourth-order valence-electron chi connectivity index (χ4n) is 3.01. The zero-order valence-corrected chi connectivity index (χ0v) is 20.1. The summed E-state index contributed by atoms with van der Waals surface area (Å²) in [5, 5.41) is 12.8. The number of hydrogen-bond acceptors (Lipinski definition) is 6. The van der Waals surface area contributed by atoms with Crippen molar-refractivity contribution in [3.05, 3.63) is 11.1 Å². The van der Waals surface area contributed by atoms with Gasteiger partial charge in [-0.1, -0.05) is 0 Å². The molecule has 0 saturated carbocycles. The number of carbonyl (C=O) groups excluding carboxylic acids is 1. The number of thiazole rings is 1. The molecule has 2 heterocycles. The van der Waals surface area contributed by atoms with Crippen LogP contribution in [0, 0.1) is 0 Å². The van der Waals surface area contributed by atoms with Crippen LogP contribution >= 0.6 is 11.3 Å². The first-order chi connectivity index (χ1) is 14.1. The Kier molecular flexibility index (Phi) is 8.76. The van der Waals surface area contributed by atoms with Gasteiger partial charge >= 0.3 is 6.09 Å². The standard InChI is InChI=1S/C21H38N6O2S/c1-7-22-17(24-15-21(5,6)26-19(28)29-20(2,3)4)23-11-10-16-14-30-18(25-16)27-12-8-9-13-27/h14H,7-13,15H2,1-6H3,(H,26,28)(H2,22,23,24). The van der Waals surface area contributed by atoms with E-state index in [0.29, 0.717) is 6.54 Å². The predicted molar refractivity (Wildman–Crippen MR) is 125 cm³/mol. The molecule has 1 aliphatic rings. The van der Waals surface area contributed by atoms with E-state index in [2.05, 4.69) is 31.2 Å². The minimum Gasteiger partial charge on any atom is -0.444 e. The van der Waals surface area contributed by atoms with Gasteiger partial charge in [0, 0.05) is 38.0 Å². The van der Waals surface area contributed by atoms with E-state index < -0.39 is 17.2 Å². The van der Waals surface area contributed by atoms with E-state index >= 15 is 0 Å². The number of rotatable bonds is 8. The molecule has 1 amide bonds. The number of hydrogen-bond donors (Lipinski definition) is 3. The second-order valence-corrected chi connectivity index (χ2v) is 10.0. The zero-order valence-electron chi connectivity index (χ0n) is 19.3. The maximum absolute atomic E-state index is 12.0. The van der Waals surface area contributed by atoms with E-state index in [1.807, 2.05) is 41.5 Å². The van der Waals surface area contributed by atoms with Crippen molar-refractivity contribution in [3.63, 3.8) is 0 Å². The van der Waals surface area contributed by atoms with Crippen molar-refractivity contribution in [1.29, 1.82) is 0 Å². The van der Waals surface area contributed by atoms with Gasteiger partial charge in [-0.05, 0) is 54.4 Å². The summed E-state index contributed by atoms with van der Waals surface area (Å²) in [6, 6.07) is 0. The summed E-state index contributed by atoms with van der Waals surface area (Å²) >= 11 is 1.73. The molecule has 1 aromatic heterocycles. The molecule has 0 radical (unpaired) electrons. The van der Waals surface area contributed by atoms with Crippen LogP contribution < -0.4 is 20.9 Å². The van der Waals surface area contributed by atoms with Gasteiger partial charge in [0.2, 0.25) is 0 Å². The van der Waals surface area contributed by atoms with Gasteiger partial charge < -0.3 is 25.6 Å². The third-order valence-corrected chi connectivity index (χ3v) is 5.36. The second kappa shape index (κ2) is 10.8. The third kappa shape index (κ3) is 8.77. The highest BCUT2D eigenvalue weighted by molar-refractivity contribution is 7.13. The van der Waals surface area contributed by atoms with Gasteiger partial charge in [0.15, 0.2) is 11.1 Å². The fourth-order valence-corrected chi connectivity index (χ4v) is 3.93. The quantitative estimate of drug-likeness (QED) is 0.427. The number of anilines is 1. The Morgan fingerprint density at radius 1 is 1.23 bits per heavy atom. The number of amides is 1. The molecule has 0 unspecified atom stereocenters. The number of aromatic nitrogens is 1. The van der Waals surface area contributed by atoms with Gasteiger partial charge in [-0.2, -0.15) is 0 Å². The number of nitrogens with zero attached hydrogens (tertiary/aromatic N) is 3. The Morgan fingerprint density at radius 2 is 1.93 bits per heavy atom. The van der Waals surface area contributed by atoms with Gasteiger partial charge in [-0.3, -0.25) is 4.99 Å². The molecule has 0 aromatic carbocycles. The minimum absolute atomic E-state index is 0.428. The Bertz CT molecular complexity index is 705. The summed E-state index contributed by atoms with van der Waals surface area (Å²) in [6.45, 7) is 15.6. The molecule has 30 heavy (non-hydrogen) atoms. The van der Waals surface area contributed by atoms with Gasteiger partial charge in [0.25, 0.3) is 0 Å². The van der Waals surface area contributed by atoms with Crippen LogP contribution in [0.2, 0.25) is 0 Å². The van der Waals surface area contributed by atoms with E-state index in [1.54, 1.807) is 11.3 Å². The van der Waals surface area contributed by atoms with Crippen molar-refractivity contribution >= 4 is 28.5 Å². The Hall–Kier alpha value is -2.03. The van der Waals surface area contributed by atoms with Gasteiger partial charge in [-0.15, -0.1) is 11.3 Å². The monoisotopic (exact) mass is 438 g/mol. The van der Waals surface area contributed by atoms with Gasteiger partial charge in [-0.25, -0.2) is 9.78 Å². The molecule has 2 rings (SSSR count). The number of carbonyl (C=O) groups is 1. The molecule has 3 N–H and O–H groups in total. The number of alkyl carbamates (subject to hydrolysis) is 1. The van der Waals surface area contributed by atoms with Crippen molar-refractivity contribution in [1.82, 2.24) is 20.9 Å². The van der Waals surface area contributed by atoms with Crippen LogP contribution in [-0.4, -0.2) is 60.9 Å². The first-order valence-electron chi connectivity index (χ1n) is 10.8. The van der Waals surface area contributed by atoms with E-state index in [0.717, 1.165) is 49.4 Å². The molecule has 1 saturated heterocycles. The molecule has 0 atom stereocenters. The summed E-state index contributed by atoms with van der Waals surface area (Å²) in [4.78, 5) is 23.8. The minimum atomic E-state index is -0.524. The molecule has 0 aliphatic carbocycles. The van der Waals surface area contributed by atoms with E-state index in [-0.39, 0.29) is 0 Å². The number of guanidine groups is 1. The lowest BCUT2D eigenvalue weighted by molar-refractivity contribution is 0.0476. The molecule has 1 aliphatic heterocycles. The van der Waals surface area contributed by atoms with Crippen molar-refractivity contribution in [2.24, 2.45) is 4.99 Å². The number of nitrogens with one attached hydrogen (secondary N) is 3. The molecule has 170 valence electrons. The van der Waals surface area contributed by atoms with Crippen LogP contribution in [-0.2, 0) is 11.2 Å². The highest BCUT2D eigenvalue weighted by atomic mass is 32.1. The van der Waals surface area contributed by atoms with Crippen LogP contribution in [0.15, 0.2) is 10.4 Å². The summed E-state index contributed by atoms with van der Waals surface area (Å²) in [6.07, 6.45) is 2.93. The van der Waals surface area contributed by atoms with Crippen molar-refractivity contribution in [2.45, 2.75) is 71.9 Å². The molecule has 0 spiro atoms. The predicted octanol–water partition coefficient (Wildman–Crippen LogP) is 3.14. The average molecular weight is 439 g/mol. The molecular weight excluding hydrogens is 400 g/mol. The SMILES string of the molecule is CCNC(=NCC(C)(C)NC(=O)OC(C)(C)C)NCCc1csc(N2CCCC2)n1. The molecular formula is C21H38N6O2S. The lowest BCUT2D eigenvalue weighted by Gasteiger charge is -2.27. The Morgan fingerprint density at radius 3 is 2.57 bits per heavy atom. The maximum Gasteiger partial charge on any atom is 0.408 e. The third-order valence-electron chi connectivity index (χ3n) is 4.41. The van der Waals surface area contributed by atoms with Crippen LogP contribution in [0.1, 0.15) is 60.1 Å². The van der Waals surface area contributed by atoms with Crippen LogP contribution in [0.25, 0.3) is 0 Å². The summed E-state index contributed by atoms with van der Waals surface area (Å²) in [5.41, 5.74) is 0.0613. The molecule has 1 aromatic rings.